The normalized spacial score (nSPS) is 12.3. The van der Waals surface area contributed by atoms with E-state index in [2.05, 4.69) is 31.4 Å². The lowest BCUT2D eigenvalue weighted by Crippen LogP contribution is -2.39. The van der Waals surface area contributed by atoms with E-state index in [0.717, 1.165) is 11.3 Å². The molecular weight excluding hydrogens is 240 g/mol. The highest BCUT2D eigenvalue weighted by Crippen LogP contribution is 2.10. The van der Waals surface area contributed by atoms with Crippen LogP contribution in [-0.4, -0.2) is 25.6 Å². The highest BCUT2D eigenvalue weighted by molar-refractivity contribution is 5.78. The van der Waals surface area contributed by atoms with Gasteiger partial charge in [-0.05, 0) is 30.5 Å². The van der Waals surface area contributed by atoms with Gasteiger partial charge >= 0.3 is 0 Å². The molecule has 0 bridgehead atoms. The first-order chi connectivity index (χ1) is 9.02. The average molecular weight is 264 g/mol. The van der Waals surface area contributed by atoms with Crippen molar-refractivity contribution in [3.63, 3.8) is 0 Å². The largest absolute Gasteiger partial charge is 0.497 e. The fourth-order valence-electron chi connectivity index (χ4n) is 1.50. The van der Waals surface area contributed by atoms with Crippen LogP contribution in [0.3, 0.4) is 0 Å². The lowest BCUT2D eigenvalue weighted by Gasteiger charge is -2.17. The molecule has 2 N–H and O–H groups in total. The van der Waals surface area contributed by atoms with Crippen LogP contribution in [-0.2, 0) is 11.3 Å². The number of carbonyl (C=O) groups is 1. The SMILES string of the molecule is COc1ccc(CNC(=O)CNC(C)C(C)C)cc1. The maximum absolute atomic E-state index is 11.7. The van der Waals surface area contributed by atoms with Crippen molar-refractivity contribution < 1.29 is 9.53 Å². The van der Waals surface area contributed by atoms with Crippen molar-refractivity contribution in [1.82, 2.24) is 10.6 Å². The molecule has 1 aromatic rings. The summed E-state index contributed by atoms with van der Waals surface area (Å²) < 4.78 is 5.08. The monoisotopic (exact) mass is 264 g/mol. The van der Waals surface area contributed by atoms with Gasteiger partial charge in [0.15, 0.2) is 0 Å². The zero-order chi connectivity index (χ0) is 14.3. The van der Waals surface area contributed by atoms with Crippen molar-refractivity contribution in [1.29, 1.82) is 0 Å². The Labute approximate surface area is 115 Å². The number of hydrogen-bond acceptors (Lipinski definition) is 3. The third-order valence-electron chi connectivity index (χ3n) is 3.23. The number of benzene rings is 1. The molecule has 0 heterocycles. The molecular formula is C15H24N2O2. The Bertz CT molecular complexity index is 388. The second-order valence-electron chi connectivity index (χ2n) is 5.04. The van der Waals surface area contributed by atoms with Gasteiger partial charge in [-0.2, -0.15) is 0 Å². The summed E-state index contributed by atoms with van der Waals surface area (Å²) >= 11 is 0. The zero-order valence-corrected chi connectivity index (χ0v) is 12.2. The number of ether oxygens (including phenoxy) is 1. The van der Waals surface area contributed by atoms with Gasteiger partial charge in [-0.25, -0.2) is 0 Å². The topological polar surface area (TPSA) is 50.4 Å². The number of amides is 1. The molecule has 0 radical (unpaired) electrons. The lowest BCUT2D eigenvalue weighted by atomic mass is 10.1. The first-order valence-corrected chi connectivity index (χ1v) is 6.66. The molecule has 19 heavy (non-hydrogen) atoms. The maximum atomic E-state index is 11.7. The van der Waals surface area contributed by atoms with Crippen LogP contribution in [0.4, 0.5) is 0 Å². The van der Waals surface area contributed by atoms with E-state index in [-0.39, 0.29) is 5.91 Å². The van der Waals surface area contributed by atoms with E-state index in [1.807, 2.05) is 24.3 Å². The van der Waals surface area contributed by atoms with E-state index < -0.39 is 0 Å². The van der Waals surface area contributed by atoms with Gasteiger partial charge in [0.05, 0.1) is 13.7 Å². The molecule has 4 nitrogen and oxygen atoms in total. The van der Waals surface area contributed by atoms with Gasteiger partial charge in [0, 0.05) is 12.6 Å². The van der Waals surface area contributed by atoms with Gasteiger partial charge in [0.2, 0.25) is 5.91 Å². The minimum absolute atomic E-state index is 0.0170. The van der Waals surface area contributed by atoms with E-state index in [9.17, 15) is 4.79 Å². The first-order valence-electron chi connectivity index (χ1n) is 6.66. The summed E-state index contributed by atoms with van der Waals surface area (Å²) in [5.74, 6) is 1.36. The number of carbonyl (C=O) groups excluding carboxylic acids is 1. The predicted octanol–water partition coefficient (Wildman–Crippen LogP) is 1.95. The summed E-state index contributed by atoms with van der Waals surface area (Å²) in [4.78, 5) is 11.7. The summed E-state index contributed by atoms with van der Waals surface area (Å²) in [5, 5.41) is 6.09. The molecule has 4 heteroatoms. The third-order valence-corrected chi connectivity index (χ3v) is 3.23. The molecule has 0 aliphatic heterocycles. The van der Waals surface area contributed by atoms with Gasteiger partial charge in [0.1, 0.15) is 5.75 Å². The Hall–Kier alpha value is -1.55. The van der Waals surface area contributed by atoms with Crippen LogP contribution < -0.4 is 15.4 Å². The van der Waals surface area contributed by atoms with E-state index in [1.165, 1.54) is 0 Å². The minimum Gasteiger partial charge on any atom is -0.497 e. The standard InChI is InChI=1S/C15H24N2O2/c1-11(2)12(3)16-10-15(18)17-9-13-5-7-14(19-4)8-6-13/h5-8,11-12,16H,9-10H2,1-4H3,(H,17,18). The van der Waals surface area contributed by atoms with Crippen LogP contribution in [0.25, 0.3) is 0 Å². The number of hydrogen-bond donors (Lipinski definition) is 2. The Kier molecular flexibility index (Phi) is 6.36. The average Bonchev–Trinajstić information content (AvgIpc) is 2.42. The Morgan fingerprint density at radius 1 is 1.21 bits per heavy atom. The third kappa shape index (κ3) is 5.75. The summed E-state index contributed by atoms with van der Waals surface area (Å²) in [6, 6.07) is 8.01. The predicted molar refractivity (Wildman–Crippen MR) is 77.1 cm³/mol. The Morgan fingerprint density at radius 2 is 1.84 bits per heavy atom. The molecule has 106 valence electrons. The van der Waals surface area contributed by atoms with Gasteiger partial charge < -0.3 is 15.4 Å². The van der Waals surface area contributed by atoms with Crippen LogP contribution >= 0.6 is 0 Å². The van der Waals surface area contributed by atoms with Crippen molar-refractivity contribution in [2.24, 2.45) is 5.92 Å². The molecule has 0 aliphatic carbocycles. The first kappa shape index (κ1) is 15.5. The molecule has 0 spiro atoms. The van der Waals surface area contributed by atoms with Crippen molar-refractivity contribution >= 4 is 5.91 Å². The summed E-state index contributed by atoms with van der Waals surface area (Å²) in [7, 11) is 1.64. The number of methoxy groups -OCH3 is 1. The van der Waals surface area contributed by atoms with Gasteiger partial charge in [-0.15, -0.1) is 0 Å². The van der Waals surface area contributed by atoms with Crippen LogP contribution in [0.2, 0.25) is 0 Å². The summed E-state index contributed by atoms with van der Waals surface area (Å²) in [5.41, 5.74) is 1.06. The van der Waals surface area contributed by atoms with Crippen molar-refractivity contribution in [3.05, 3.63) is 29.8 Å². The lowest BCUT2D eigenvalue weighted by molar-refractivity contribution is -0.120. The minimum atomic E-state index is 0.0170. The molecule has 0 aromatic heterocycles. The number of nitrogens with one attached hydrogen (secondary N) is 2. The van der Waals surface area contributed by atoms with Gasteiger partial charge in [0.25, 0.3) is 0 Å². The number of rotatable bonds is 7. The smallest absolute Gasteiger partial charge is 0.234 e. The molecule has 1 rings (SSSR count). The highest BCUT2D eigenvalue weighted by atomic mass is 16.5. The molecule has 1 amide bonds. The van der Waals surface area contributed by atoms with Crippen LogP contribution in [0.5, 0.6) is 5.75 Å². The summed E-state index contributed by atoms with van der Waals surface area (Å²) in [6.07, 6.45) is 0. The fraction of sp³-hybridized carbons (Fsp3) is 0.533. The second kappa shape index (κ2) is 7.79. The molecule has 0 aliphatic rings. The maximum Gasteiger partial charge on any atom is 0.234 e. The fourth-order valence-corrected chi connectivity index (χ4v) is 1.50. The molecule has 1 aromatic carbocycles. The van der Waals surface area contributed by atoms with Crippen LogP contribution in [0.1, 0.15) is 26.3 Å². The van der Waals surface area contributed by atoms with Crippen molar-refractivity contribution in [2.45, 2.75) is 33.4 Å². The quantitative estimate of drug-likeness (QED) is 0.791. The Morgan fingerprint density at radius 3 is 2.37 bits per heavy atom. The van der Waals surface area contributed by atoms with E-state index in [4.69, 9.17) is 4.74 Å². The van der Waals surface area contributed by atoms with Crippen molar-refractivity contribution in [3.8, 4) is 5.75 Å². The molecule has 0 fully saturated rings. The molecule has 0 saturated carbocycles. The van der Waals surface area contributed by atoms with Crippen LogP contribution in [0, 0.1) is 5.92 Å². The summed E-state index contributed by atoms with van der Waals surface area (Å²) in [6.45, 7) is 7.25. The Balaban J connectivity index is 2.29. The highest BCUT2D eigenvalue weighted by Gasteiger charge is 2.08. The van der Waals surface area contributed by atoms with E-state index in [0.29, 0.717) is 25.0 Å². The molecule has 0 saturated heterocycles. The van der Waals surface area contributed by atoms with Crippen LogP contribution in [0.15, 0.2) is 24.3 Å². The second-order valence-corrected chi connectivity index (χ2v) is 5.04. The van der Waals surface area contributed by atoms with Gasteiger partial charge in [-0.3, -0.25) is 4.79 Å². The van der Waals surface area contributed by atoms with E-state index >= 15 is 0 Å². The van der Waals surface area contributed by atoms with Gasteiger partial charge in [-0.1, -0.05) is 26.0 Å². The van der Waals surface area contributed by atoms with E-state index in [1.54, 1.807) is 7.11 Å². The molecule has 1 unspecified atom stereocenters. The molecule has 1 atom stereocenters. The van der Waals surface area contributed by atoms with Crippen molar-refractivity contribution in [2.75, 3.05) is 13.7 Å². The zero-order valence-electron chi connectivity index (χ0n) is 12.2.